The number of unbranched alkanes of at least 4 members (excludes halogenated alkanes) is 1. The SMILES string of the molecule is CCCCC(C)Nc1ccc(N)c(OCCC)n1. The van der Waals surface area contributed by atoms with Crippen LogP contribution in [-0.2, 0) is 0 Å². The van der Waals surface area contributed by atoms with Gasteiger partial charge in [0.25, 0.3) is 0 Å². The zero-order valence-corrected chi connectivity index (χ0v) is 11.7. The fourth-order valence-corrected chi connectivity index (χ4v) is 1.68. The fraction of sp³-hybridized carbons (Fsp3) is 0.643. The van der Waals surface area contributed by atoms with Crippen molar-refractivity contribution < 1.29 is 4.74 Å². The van der Waals surface area contributed by atoms with E-state index in [1.165, 1.54) is 12.8 Å². The third-order valence-corrected chi connectivity index (χ3v) is 2.72. The summed E-state index contributed by atoms with van der Waals surface area (Å²) in [5, 5.41) is 3.37. The molecule has 0 aliphatic rings. The van der Waals surface area contributed by atoms with Crippen molar-refractivity contribution in [2.24, 2.45) is 0 Å². The first kappa shape index (κ1) is 14.6. The maximum absolute atomic E-state index is 5.83. The normalized spacial score (nSPS) is 12.2. The minimum Gasteiger partial charge on any atom is -0.476 e. The Balaban J connectivity index is 2.60. The highest BCUT2D eigenvalue weighted by Crippen LogP contribution is 2.21. The molecule has 1 atom stereocenters. The summed E-state index contributed by atoms with van der Waals surface area (Å²) in [7, 11) is 0. The molecule has 0 aromatic carbocycles. The lowest BCUT2D eigenvalue weighted by molar-refractivity contribution is 0.307. The molecule has 4 nitrogen and oxygen atoms in total. The van der Waals surface area contributed by atoms with Crippen LogP contribution >= 0.6 is 0 Å². The van der Waals surface area contributed by atoms with Gasteiger partial charge in [-0.25, -0.2) is 0 Å². The van der Waals surface area contributed by atoms with Crippen molar-refractivity contribution in [3.63, 3.8) is 0 Å². The Morgan fingerprint density at radius 2 is 2.11 bits per heavy atom. The van der Waals surface area contributed by atoms with Gasteiger partial charge in [-0.3, -0.25) is 0 Å². The predicted molar refractivity (Wildman–Crippen MR) is 77.0 cm³/mol. The molecule has 3 N–H and O–H groups in total. The average Bonchev–Trinajstić information content (AvgIpc) is 2.37. The molecule has 0 saturated carbocycles. The van der Waals surface area contributed by atoms with E-state index < -0.39 is 0 Å². The topological polar surface area (TPSA) is 60.2 Å². The van der Waals surface area contributed by atoms with Gasteiger partial charge >= 0.3 is 0 Å². The molecule has 1 aromatic heterocycles. The average molecular weight is 251 g/mol. The summed E-state index contributed by atoms with van der Waals surface area (Å²) in [5.41, 5.74) is 6.42. The summed E-state index contributed by atoms with van der Waals surface area (Å²) in [6.45, 7) is 7.07. The van der Waals surface area contributed by atoms with Gasteiger partial charge in [-0.05, 0) is 31.9 Å². The van der Waals surface area contributed by atoms with Crippen LogP contribution in [0.5, 0.6) is 5.88 Å². The first-order valence-electron chi connectivity index (χ1n) is 6.83. The second-order valence-electron chi connectivity index (χ2n) is 4.63. The highest BCUT2D eigenvalue weighted by atomic mass is 16.5. The Morgan fingerprint density at radius 1 is 1.33 bits per heavy atom. The highest BCUT2D eigenvalue weighted by Gasteiger charge is 2.06. The minimum absolute atomic E-state index is 0.417. The maximum atomic E-state index is 5.83. The van der Waals surface area contributed by atoms with E-state index in [2.05, 4.69) is 31.1 Å². The molecule has 0 saturated heterocycles. The summed E-state index contributed by atoms with van der Waals surface area (Å²) in [5.74, 6) is 1.36. The lowest BCUT2D eigenvalue weighted by Gasteiger charge is -2.15. The van der Waals surface area contributed by atoms with Crippen molar-refractivity contribution in [1.82, 2.24) is 4.98 Å². The highest BCUT2D eigenvalue weighted by molar-refractivity contribution is 5.53. The molecule has 0 amide bonds. The second kappa shape index (κ2) is 7.80. The number of nitrogen functional groups attached to an aromatic ring is 1. The third-order valence-electron chi connectivity index (χ3n) is 2.72. The van der Waals surface area contributed by atoms with E-state index in [1.54, 1.807) is 0 Å². The van der Waals surface area contributed by atoms with Crippen LogP contribution in [0.3, 0.4) is 0 Å². The third kappa shape index (κ3) is 4.82. The summed E-state index contributed by atoms with van der Waals surface area (Å²) in [4.78, 5) is 4.40. The Morgan fingerprint density at radius 3 is 2.78 bits per heavy atom. The molecule has 0 bridgehead atoms. The van der Waals surface area contributed by atoms with Crippen molar-refractivity contribution in [2.45, 2.75) is 52.5 Å². The van der Waals surface area contributed by atoms with Crippen LogP contribution in [-0.4, -0.2) is 17.6 Å². The number of hydrogen-bond acceptors (Lipinski definition) is 4. The molecule has 18 heavy (non-hydrogen) atoms. The molecule has 1 aromatic rings. The Kier molecular flexibility index (Phi) is 6.33. The van der Waals surface area contributed by atoms with Gasteiger partial charge < -0.3 is 15.8 Å². The van der Waals surface area contributed by atoms with E-state index in [1.807, 2.05) is 12.1 Å². The molecule has 1 unspecified atom stereocenters. The first-order valence-corrected chi connectivity index (χ1v) is 6.83. The van der Waals surface area contributed by atoms with E-state index in [-0.39, 0.29) is 0 Å². The lowest BCUT2D eigenvalue weighted by atomic mass is 10.1. The maximum Gasteiger partial charge on any atom is 0.239 e. The summed E-state index contributed by atoms with van der Waals surface area (Å²) in [6.07, 6.45) is 4.54. The van der Waals surface area contributed by atoms with Gasteiger partial charge in [-0.2, -0.15) is 4.98 Å². The lowest BCUT2D eigenvalue weighted by Crippen LogP contribution is -2.16. The monoisotopic (exact) mass is 251 g/mol. The van der Waals surface area contributed by atoms with Crippen molar-refractivity contribution in [3.05, 3.63) is 12.1 Å². The number of anilines is 2. The van der Waals surface area contributed by atoms with Crippen LogP contribution in [0.4, 0.5) is 11.5 Å². The number of ether oxygens (including phenoxy) is 1. The fourth-order valence-electron chi connectivity index (χ4n) is 1.68. The first-order chi connectivity index (χ1) is 8.67. The van der Waals surface area contributed by atoms with E-state index in [0.29, 0.717) is 24.2 Å². The molecule has 102 valence electrons. The van der Waals surface area contributed by atoms with Gasteiger partial charge in [0.05, 0.1) is 12.3 Å². The van der Waals surface area contributed by atoms with Crippen LogP contribution < -0.4 is 15.8 Å². The number of aromatic nitrogens is 1. The van der Waals surface area contributed by atoms with Gasteiger partial charge in [0, 0.05) is 6.04 Å². The Hall–Kier alpha value is -1.45. The van der Waals surface area contributed by atoms with Crippen molar-refractivity contribution in [3.8, 4) is 5.88 Å². The van der Waals surface area contributed by atoms with E-state index in [0.717, 1.165) is 18.7 Å². The number of nitrogens with one attached hydrogen (secondary N) is 1. The van der Waals surface area contributed by atoms with Gasteiger partial charge in [-0.15, -0.1) is 0 Å². The molecule has 0 spiro atoms. The number of nitrogens with zero attached hydrogens (tertiary/aromatic N) is 1. The molecule has 0 fully saturated rings. The van der Waals surface area contributed by atoms with Crippen LogP contribution in [0.2, 0.25) is 0 Å². The largest absolute Gasteiger partial charge is 0.476 e. The molecule has 0 aliphatic heterocycles. The van der Waals surface area contributed by atoms with Crippen molar-refractivity contribution in [1.29, 1.82) is 0 Å². The van der Waals surface area contributed by atoms with E-state index in [4.69, 9.17) is 10.5 Å². The zero-order valence-electron chi connectivity index (χ0n) is 11.7. The summed E-state index contributed by atoms with van der Waals surface area (Å²) >= 11 is 0. The van der Waals surface area contributed by atoms with Gasteiger partial charge in [-0.1, -0.05) is 26.7 Å². The van der Waals surface area contributed by atoms with Gasteiger partial charge in [0.15, 0.2) is 0 Å². The molecule has 1 heterocycles. The standard InChI is InChI=1S/C14H25N3O/c1-4-6-7-11(3)16-13-9-8-12(15)14(17-13)18-10-5-2/h8-9,11H,4-7,10,15H2,1-3H3,(H,16,17). The second-order valence-corrected chi connectivity index (χ2v) is 4.63. The van der Waals surface area contributed by atoms with E-state index >= 15 is 0 Å². The van der Waals surface area contributed by atoms with Crippen LogP contribution in [0, 0.1) is 0 Å². The zero-order chi connectivity index (χ0) is 13.4. The van der Waals surface area contributed by atoms with E-state index in [9.17, 15) is 0 Å². The Bertz CT molecular complexity index is 355. The van der Waals surface area contributed by atoms with Gasteiger partial charge in [0.2, 0.25) is 5.88 Å². The quantitative estimate of drug-likeness (QED) is 0.743. The number of pyridine rings is 1. The Labute approximate surface area is 110 Å². The molecular formula is C14H25N3O. The van der Waals surface area contributed by atoms with Crippen LogP contribution in [0.25, 0.3) is 0 Å². The molecule has 0 aliphatic carbocycles. The minimum atomic E-state index is 0.417. The predicted octanol–water partition coefficient (Wildman–Crippen LogP) is 3.44. The number of nitrogens with two attached hydrogens (primary N) is 1. The molecular weight excluding hydrogens is 226 g/mol. The summed E-state index contributed by atoms with van der Waals surface area (Å²) in [6, 6.07) is 4.16. The van der Waals surface area contributed by atoms with Gasteiger partial charge in [0.1, 0.15) is 5.82 Å². The number of rotatable bonds is 8. The molecule has 4 heteroatoms. The van der Waals surface area contributed by atoms with Crippen molar-refractivity contribution >= 4 is 11.5 Å². The van der Waals surface area contributed by atoms with Crippen molar-refractivity contribution in [2.75, 3.05) is 17.7 Å². The number of hydrogen-bond donors (Lipinski definition) is 2. The summed E-state index contributed by atoms with van der Waals surface area (Å²) < 4.78 is 5.51. The molecule has 1 rings (SSSR count). The smallest absolute Gasteiger partial charge is 0.239 e. The van der Waals surface area contributed by atoms with Crippen LogP contribution in [0.15, 0.2) is 12.1 Å². The molecule has 0 radical (unpaired) electrons. The van der Waals surface area contributed by atoms with Crippen LogP contribution in [0.1, 0.15) is 46.5 Å².